The van der Waals surface area contributed by atoms with E-state index in [1.807, 2.05) is 0 Å². The lowest BCUT2D eigenvalue weighted by Gasteiger charge is -2.19. The Morgan fingerprint density at radius 1 is 1.37 bits per heavy atom. The van der Waals surface area contributed by atoms with E-state index in [1.165, 1.54) is 0 Å². The van der Waals surface area contributed by atoms with Crippen LogP contribution in [-0.4, -0.2) is 24.6 Å². The fourth-order valence-electron chi connectivity index (χ4n) is 1.66. The molecule has 0 heterocycles. The molecule has 0 aliphatic rings. The Hall–Kier alpha value is -1.65. The number of aliphatic hydroxyl groups excluding tert-OH is 1. The average molecular weight is 264 g/mol. The van der Waals surface area contributed by atoms with Crippen molar-refractivity contribution in [2.45, 2.75) is 31.7 Å². The maximum Gasteiger partial charge on any atom is 0.181 e. The van der Waals surface area contributed by atoms with Crippen LogP contribution < -0.4 is 4.74 Å². The third kappa shape index (κ3) is 5.24. The molecule has 1 aromatic carbocycles. The molecule has 0 aliphatic heterocycles. The molecule has 0 fully saturated rings. The van der Waals surface area contributed by atoms with Crippen LogP contribution in [0.2, 0.25) is 0 Å². The lowest BCUT2D eigenvalue weighted by molar-refractivity contribution is -0.128. The van der Waals surface area contributed by atoms with Gasteiger partial charge in [0.25, 0.3) is 0 Å². The number of carbonyl (C=O) groups is 1. The molecule has 0 spiro atoms. The van der Waals surface area contributed by atoms with Crippen molar-refractivity contribution in [2.24, 2.45) is 0 Å². The van der Waals surface area contributed by atoms with Gasteiger partial charge in [0.15, 0.2) is 6.29 Å². The molecule has 4 heteroatoms. The lowest BCUT2D eigenvalue weighted by Crippen LogP contribution is -2.14. The highest BCUT2D eigenvalue weighted by Gasteiger charge is 2.13. The summed E-state index contributed by atoms with van der Waals surface area (Å²) in [5, 5.41) is 9.96. The van der Waals surface area contributed by atoms with Gasteiger partial charge in [0, 0.05) is 12.0 Å². The zero-order valence-electron chi connectivity index (χ0n) is 11.1. The van der Waals surface area contributed by atoms with Crippen molar-refractivity contribution in [3.63, 3.8) is 0 Å². The first-order valence-electron chi connectivity index (χ1n) is 6.25. The first-order valence-corrected chi connectivity index (χ1v) is 6.25. The average Bonchev–Trinajstić information content (AvgIpc) is 2.46. The second-order valence-corrected chi connectivity index (χ2v) is 4.13. The predicted molar refractivity (Wildman–Crippen MR) is 72.9 cm³/mol. The molecule has 0 aliphatic carbocycles. The van der Waals surface area contributed by atoms with E-state index in [0.29, 0.717) is 18.4 Å². The Labute approximate surface area is 113 Å². The van der Waals surface area contributed by atoms with Gasteiger partial charge in [0.05, 0.1) is 13.2 Å². The van der Waals surface area contributed by atoms with E-state index in [4.69, 9.17) is 9.47 Å². The van der Waals surface area contributed by atoms with Crippen LogP contribution in [0.1, 0.15) is 31.1 Å². The summed E-state index contributed by atoms with van der Waals surface area (Å²) in [6.07, 6.45) is 3.11. The highest BCUT2D eigenvalue weighted by molar-refractivity contribution is 5.48. The summed E-state index contributed by atoms with van der Waals surface area (Å²) in [6, 6.07) is 7.01. The van der Waals surface area contributed by atoms with Gasteiger partial charge in [-0.25, -0.2) is 0 Å². The zero-order chi connectivity index (χ0) is 14.1. The van der Waals surface area contributed by atoms with Gasteiger partial charge in [-0.15, -0.1) is 6.58 Å². The number of unbranched alkanes of at least 4 members (excludes halogenated alkanes) is 1. The maximum absolute atomic E-state index is 10.3. The van der Waals surface area contributed by atoms with E-state index in [-0.39, 0.29) is 6.10 Å². The van der Waals surface area contributed by atoms with E-state index < -0.39 is 6.29 Å². The van der Waals surface area contributed by atoms with Crippen molar-refractivity contribution in [1.29, 1.82) is 0 Å². The quantitative estimate of drug-likeness (QED) is 0.322. The summed E-state index contributed by atoms with van der Waals surface area (Å²) < 4.78 is 10.5. The molecule has 0 radical (unpaired) electrons. The van der Waals surface area contributed by atoms with Gasteiger partial charge in [-0.3, -0.25) is 0 Å². The number of hydrogen-bond donors (Lipinski definition) is 1. The van der Waals surface area contributed by atoms with Crippen molar-refractivity contribution in [3.8, 4) is 5.75 Å². The van der Waals surface area contributed by atoms with Crippen molar-refractivity contribution in [1.82, 2.24) is 0 Å². The monoisotopic (exact) mass is 264 g/mol. The molecular formula is C15H20O4. The summed E-state index contributed by atoms with van der Waals surface area (Å²) in [4.78, 5) is 10.3. The highest BCUT2D eigenvalue weighted by atomic mass is 16.6. The van der Waals surface area contributed by atoms with Crippen molar-refractivity contribution < 1.29 is 19.4 Å². The van der Waals surface area contributed by atoms with Crippen LogP contribution in [0.3, 0.4) is 0 Å². The third-order valence-corrected chi connectivity index (χ3v) is 2.78. The Morgan fingerprint density at radius 3 is 2.58 bits per heavy atom. The topological polar surface area (TPSA) is 55.8 Å². The minimum atomic E-state index is -1.01. The van der Waals surface area contributed by atoms with Gasteiger partial charge in [-0.2, -0.15) is 0 Å². The predicted octanol–water partition coefficient (Wildman–Crippen LogP) is 2.63. The number of hydrogen-bond acceptors (Lipinski definition) is 4. The molecule has 19 heavy (non-hydrogen) atoms. The first-order chi connectivity index (χ1) is 9.21. The van der Waals surface area contributed by atoms with Crippen LogP contribution in [0, 0.1) is 0 Å². The summed E-state index contributed by atoms with van der Waals surface area (Å²) in [5.41, 5.74) is 0.656. The fourth-order valence-corrected chi connectivity index (χ4v) is 1.66. The molecule has 2 unspecified atom stereocenters. The number of aliphatic hydroxyl groups is 1. The normalized spacial score (nSPS) is 13.6. The highest BCUT2D eigenvalue weighted by Crippen LogP contribution is 2.21. The molecule has 1 N–H and O–H groups in total. The van der Waals surface area contributed by atoms with Gasteiger partial charge >= 0.3 is 0 Å². The van der Waals surface area contributed by atoms with E-state index in [2.05, 4.69) is 6.58 Å². The molecule has 1 rings (SSSR count). The smallest absolute Gasteiger partial charge is 0.181 e. The number of benzene rings is 1. The molecule has 4 nitrogen and oxygen atoms in total. The van der Waals surface area contributed by atoms with Crippen LogP contribution in [0.15, 0.2) is 36.9 Å². The van der Waals surface area contributed by atoms with E-state index in [0.717, 1.165) is 18.5 Å². The number of ether oxygens (including phenoxy) is 2. The molecule has 104 valence electrons. The molecule has 0 bridgehead atoms. The zero-order valence-corrected chi connectivity index (χ0v) is 11.1. The van der Waals surface area contributed by atoms with Crippen molar-refractivity contribution in [2.75, 3.05) is 7.11 Å². The van der Waals surface area contributed by atoms with E-state index in [9.17, 15) is 9.90 Å². The SMILES string of the molecule is C=CC(CCCC=O)OC(O)c1ccc(OC)cc1. The summed E-state index contributed by atoms with van der Waals surface area (Å²) in [7, 11) is 1.59. The van der Waals surface area contributed by atoms with Crippen molar-refractivity contribution >= 4 is 6.29 Å². The van der Waals surface area contributed by atoms with Crippen LogP contribution in [0.25, 0.3) is 0 Å². The second-order valence-electron chi connectivity index (χ2n) is 4.13. The molecule has 2 atom stereocenters. The fraction of sp³-hybridized carbons (Fsp3) is 0.400. The van der Waals surface area contributed by atoms with E-state index >= 15 is 0 Å². The van der Waals surface area contributed by atoms with Gasteiger partial charge in [-0.05, 0) is 25.0 Å². The van der Waals surface area contributed by atoms with Gasteiger partial charge in [0.2, 0.25) is 0 Å². The lowest BCUT2D eigenvalue weighted by atomic mass is 10.1. The molecule has 0 saturated heterocycles. The Bertz CT molecular complexity index is 386. The number of rotatable bonds is 9. The Morgan fingerprint density at radius 2 is 2.05 bits per heavy atom. The molecule has 0 amide bonds. The Kier molecular flexibility index (Phi) is 6.85. The van der Waals surface area contributed by atoms with Crippen molar-refractivity contribution in [3.05, 3.63) is 42.5 Å². The third-order valence-electron chi connectivity index (χ3n) is 2.78. The minimum absolute atomic E-state index is 0.267. The maximum atomic E-state index is 10.3. The number of aldehydes is 1. The largest absolute Gasteiger partial charge is 0.497 e. The molecule has 0 saturated carbocycles. The van der Waals surface area contributed by atoms with Crippen LogP contribution in [0.4, 0.5) is 0 Å². The van der Waals surface area contributed by atoms with Gasteiger partial charge < -0.3 is 19.4 Å². The van der Waals surface area contributed by atoms with Crippen LogP contribution in [0.5, 0.6) is 5.75 Å². The number of carbonyl (C=O) groups excluding carboxylic acids is 1. The van der Waals surface area contributed by atoms with Gasteiger partial charge in [0.1, 0.15) is 12.0 Å². The minimum Gasteiger partial charge on any atom is -0.497 e. The van der Waals surface area contributed by atoms with E-state index in [1.54, 1.807) is 37.5 Å². The summed E-state index contributed by atoms with van der Waals surface area (Å²) >= 11 is 0. The van der Waals surface area contributed by atoms with Crippen LogP contribution in [-0.2, 0) is 9.53 Å². The molecule has 1 aromatic rings. The standard InChI is InChI=1S/C15H20O4/c1-3-13(6-4-5-11-16)19-15(17)12-7-9-14(18-2)10-8-12/h3,7-11,13,15,17H,1,4-6H2,2H3. The first kappa shape index (κ1) is 15.4. The second kappa shape index (κ2) is 8.45. The molecule has 0 aromatic heterocycles. The van der Waals surface area contributed by atoms with Gasteiger partial charge in [-0.1, -0.05) is 18.2 Å². The van der Waals surface area contributed by atoms with Crippen LogP contribution >= 0.6 is 0 Å². The summed E-state index contributed by atoms with van der Waals surface area (Å²) in [5.74, 6) is 0.724. The summed E-state index contributed by atoms with van der Waals surface area (Å²) in [6.45, 7) is 3.67. The Balaban J connectivity index is 2.52. The number of methoxy groups -OCH3 is 1. The molecular weight excluding hydrogens is 244 g/mol.